The van der Waals surface area contributed by atoms with Gasteiger partial charge in [0.15, 0.2) is 6.61 Å². The van der Waals surface area contributed by atoms with E-state index in [0.29, 0.717) is 5.56 Å². The number of fused-ring (bicyclic) bond motifs is 1. The number of esters is 1. The first-order valence-corrected chi connectivity index (χ1v) is 8.04. The minimum atomic E-state index is -0.507. The number of nitrogens with one attached hydrogen (secondary N) is 1. The molecule has 5 heteroatoms. The van der Waals surface area contributed by atoms with Crippen molar-refractivity contribution in [2.24, 2.45) is 7.05 Å². The van der Waals surface area contributed by atoms with Crippen molar-refractivity contribution in [3.8, 4) is 0 Å². The average Bonchev–Trinajstić information content (AvgIpc) is 2.94. The van der Waals surface area contributed by atoms with Crippen molar-refractivity contribution in [2.75, 3.05) is 11.9 Å². The van der Waals surface area contributed by atoms with Gasteiger partial charge in [0.05, 0.1) is 5.56 Å². The fourth-order valence-corrected chi connectivity index (χ4v) is 2.79. The number of aryl methyl sites for hydroxylation is 2. The second-order valence-electron chi connectivity index (χ2n) is 6.04. The van der Waals surface area contributed by atoms with Gasteiger partial charge in [-0.3, -0.25) is 4.79 Å². The van der Waals surface area contributed by atoms with E-state index in [1.165, 1.54) is 0 Å². The fraction of sp³-hybridized carbons (Fsp3) is 0.200. The number of amides is 1. The van der Waals surface area contributed by atoms with E-state index in [-0.39, 0.29) is 12.5 Å². The predicted molar refractivity (Wildman–Crippen MR) is 97.7 cm³/mol. The molecule has 0 aliphatic carbocycles. The molecule has 0 radical (unpaired) electrons. The third-order valence-corrected chi connectivity index (χ3v) is 4.33. The first-order chi connectivity index (χ1) is 12.0. The number of ether oxygens (including phenoxy) is 1. The van der Waals surface area contributed by atoms with Gasteiger partial charge in [0.1, 0.15) is 0 Å². The minimum absolute atomic E-state index is 0.324. The van der Waals surface area contributed by atoms with Crippen LogP contribution in [-0.2, 0) is 16.6 Å². The number of carbonyl (C=O) groups is 2. The Hall–Kier alpha value is -3.08. The molecule has 5 nitrogen and oxygen atoms in total. The van der Waals surface area contributed by atoms with Crippen LogP contribution in [0, 0.1) is 13.8 Å². The molecule has 0 unspecified atom stereocenters. The van der Waals surface area contributed by atoms with E-state index in [0.717, 1.165) is 27.7 Å². The SMILES string of the molecule is Cc1cccc(NC(=O)COC(=O)c2cn(C)c3ccccc23)c1C. The Morgan fingerprint density at radius 1 is 1.08 bits per heavy atom. The quantitative estimate of drug-likeness (QED) is 0.741. The zero-order chi connectivity index (χ0) is 18.0. The maximum atomic E-state index is 12.3. The van der Waals surface area contributed by atoms with Gasteiger partial charge in [-0.25, -0.2) is 4.79 Å². The second kappa shape index (κ2) is 6.81. The number of benzene rings is 2. The van der Waals surface area contributed by atoms with E-state index in [1.807, 2.05) is 67.9 Å². The number of nitrogens with zero attached hydrogens (tertiary/aromatic N) is 1. The normalized spacial score (nSPS) is 10.7. The van der Waals surface area contributed by atoms with E-state index in [4.69, 9.17) is 4.74 Å². The van der Waals surface area contributed by atoms with E-state index < -0.39 is 5.97 Å². The number of rotatable bonds is 4. The van der Waals surface area contributed by atoms with Crippen molar-refractivity contribution in [2.45, 2.75) is 13.8 Å². The lowest BCUT2D eigenvalue weighted by Gasteiger charge is -2.10. The van der Waals surface area contributed by atoms with E-state index in [2.05, 4.69) is 5.32 Å². The van der Waals surface area contributed by atoms with Crippen LogP contribution in [0.15, 0.2) is 48.7 Å². The molecule has 128 valence electrons. The van der Waals surface area contributed by atoms with Crippen LogP contribution in [0.5, 0.6) is 0 Å². The van der Waals surface area contributed by atoms with Crippen LogP contribution in [0.4, 0.5) is 5.69 Å². The van der Waals surface area contributed by atoms with Crippen molar-refractivity contribution in [3.05, 3.63) is 65.4 Å². The summed E-state index contributed by atoms with van der Waals surface area (Å²) in [7, 11) is 1.87. The van der Waals surface area contributed by atoms with Crippen molar-refractivity contribution in [1.29, 1.82) is 0 Å². The van der Waals surface area contributed by atoms with Gasteiger partial charge in [-0.05, 0) is 37.1 Å². The van der Waals surface area contributed by atoms with Gasteiger partial charge in [0.25, 0.3) is 5.91 Å². The third-order valence-electron chi connectivity index (χ3n) is 4.33. The van der Waals surface area contributed by atoms with Gasteiger partial charge >= 0.3 is 5.97 Å². The Balaban J connectivity index is 1.67. The highest BCUT2D eigenvalue weighted by molar-refractivity contribution is 6.05. The molecule has 0 atom stereocenters. The molecule has 0 saturated heterocycles. The van der Waals surface area contributed by atoms with Gasteiger partial charge in [0, 0.05) is 29.8 Å². The summed E-state index contributed by atoms with van der Waals surface area (Å²) in [6, 6.07) is 13.3. The highest BCUT2D eigenvalue weighted by Crippen LogP contribution is 2.21. The number of hydrogen-bond donors (Lipinski definition) is 1. The summed E-state index contributed by atoms with van der Waals surface area (Å²) in [5, 5.41) is 3.59. The van der Waals surface area contributed by atoms with E-state index >= 15 is 0 Å². The van der Waals surface area contributed by atoms with Gasteiger partial charge in [-0.1, -0.05) is 30.3 Å². The van der Waals surface area contributed by atoms with Gasteiger partial charge in [-0.2, -0.15) is 0 Å². The number of anilines is 1. The standard InChI is InChI=1S/C20H20N2O3/c1-13-7-6-9-17(14(13)2)21-19(23)12-25-20(24)16-11-22(3)18-10-5-4-8-15(16)18/h4-11H,12H2,1-3H3,(H,21,23). The predicted octanol–water partition coefficient (Wildman–Crippen LogP) is 3.59. The molecule has 0 aliphatic rings. The van der Waals surface area contributed by atoms with Gasteiger partial charge < -0.3 is 14.6 Å². The van der Waals surface area contributed by atoms with Crippen LogP contribution in [0.25, 0.3) is 10.9 Å². The first kappa shape index (κ1) is 16.8. The van der Waals surface area contributed by atoms with Crippen LogP contribution >= 0.6 is 0 Å². The van der Waals surface area contributed by atoms with Crippen LogP contribution in [0.3, 0.4) is 0 Å². The lowest BCUT2D eigenvalue weighted by molar-refractivity contribution is -0.119. The van der Waals surface area contributed by atoms with E-state index in [1.54, 1.807) is 6.20 Å². The molecule has 0 bridgehead atoms. The topological polar surface area (TPSA) is 60.3 Å². The molecule has 3 aromatic rings. The van der Waals surface area contributed by atoms with Crippen molar-refractivity contribution >= 4 is 28.5 Å². The van der Waals surface area contributed by atoms with E-state index in [9.17, 15) is 9.59 Å². The summed E-state index contributed by atoms with van der Waals surface area (Å²) in [6.45, 7) is 3.59. The maximum absolute atomic E-state index is 12.3. The highest BCUT2D eigenvalue weighted by atomic mass is 16.5. The van der Waals surface area contributed by atoms with Crippen molar-refractivity contribution in [3.63, 3.8) is 0 Å². The zero-order valence-electron chi connectivity index (χ0n) is 14.5. The molecular formula is C20H20N2O3. The molecule has 1 N–H and O–H groups in total. The summed E-state index contributed by atoms with van der Waals surface area (Å²) < 4.78 is 7.05. The van der Waals surface area contributed by atoms with Crippen LogP contribution in [0.1, 0.15) is 21.5 Å². The molecular weight excluding hydrogens is 316 g/mol. The molecule has 1 heterocycles. The largest absolute Gasteiger partial charge is 0.452 e. The minimum Gasteiger partial charge on any atom is -0.452 e. The smallest absolute Gasteiger partial charge is 0.340 e. The third kappa shape index (κ3) is 3.40. The fourth-order valence-electron chi connectivity index (χ4n) is 2.79. The zero-order valence-corrected chi connectivity index (χ0v) is 14.5. The molecule has 1 aromatic heterocycles. The molecule has 0 spiro atoms. The highest BCUT2D eigenvalue weighted by Gasteiger charge is 2.16. The molecule has 3 rings (SSSR count). The molecule has 2 aromatic carbocycles. The summed E-state index contributed by atoms with van der Waals surface area (Å²) in [4.78, 5) is 24.4. The molecule has 1 amide bonds. The number of hydrogen-bond acceptors (Lipinski definition) is 3. The Bertz CT molecular complexity index is 957. The maximum Gasteiger partial charge on any atom is 0.340 e. The first-order valence-electron chi connectivity index (χ1n) is 8.04. The molecule has 0 aliphatic heterocycles. The number of para-hydroxylation sites is 1. The Labute approximate surface area is 146 Å². The Morgan fingerprint density at radius 3 is 2.64 bits per heavy atom. The summed E-state index contributed by atoms with van der Waals surface area (Å²) >= 11 is 0. The molecule has 0 fully saturated rings. The van der Waals surface area contributed by atoms with Crippen LogP contribution in [0.2, 0.25) is 0 Å². The van der Waals surface area contributed by atoms with Gasteiger partial charge in [0.2, 0.25) is 0 Å². The number of aromatic nitrogens is 1. The Morgan fingerprint density at radius 2 is 1.84 bits per heavy atom. The number of carbonyl (C=O) groups excluding carboxylic acids is 2. The van der Waals surface area contributed by atoms with Crippen molar-refractivity contribution in [1.82, 2.24) is 4.57 Å². The second-order valence-corrected chi connectivity index (χ2v) is 6.04. The Kier molecular flexibility index (Phi) is 4.57. The molecule has 25 heavy (non-hydrogen) atoms. The summed E-state index contributed by atoms with van der Waals surface area (Å²) in [5.74, 6) is -0.866. The van der Waals surface area contributed by atoms with Gasteiger partial charge in [-0.15, -0.1) is 0 Å². The van der Waals surface area contributed by atoms with Crippen LogP contribution in [-0.4, -0.2) is 23.1 Å². The van der Waals surface area contributed by atoms with Crippen molar-refractivity contribution < 1.29 is 14.3 Å². The summed E-state index contributed by atoms with van der Waals surface area (Å²) in [5.41, 5.74) is 4.21. The monoisotopic (exact) mass is 336 g/mol. The van der Waals surface area contributed by atoms with Crippen LogP contribution < -0.4 is 5.32 Å². The lowest BCUT2D eigenvalue weighted by atomic mass is 10.1. The molecule has 0 saturated carbocycles. The average molecular weight is 336 g/mol. The lowest BCUT2D eigenvalue weighted by Crippen LogP contribution is -2.21. The summed E-state index contributed by atoms with van der Waals surface area (Å²) in [6.07, 6.45) is 1.72.